The van der Waals surface area contributed by atoms with Gasteiger partial charge in [0.05, 0.1) is 6.61 Å². The fourth-order valence-corrected chi connectivity index (χ4v) is 2.00. The second kappa shape index (κ2) is 7.59. The first-order valence-electron chi connectivity index (χ1n) is 6.78. The number of carbonyl (C=O) groups is 1. The number of hydrogen-bond donors (Lipinski definition) is 3. The number of urea groups is 1. The molecule has 0 spiro atoms. The van der Waals surface area contributed by atoms with Crippen LogP contribution < -0.4 is 10.6 Å². The Hall–Kier alpha value is -0.810. The molecule has 2 amide bonds. The lowest BCUT2D eigenvalue weighted by Gasteiger charge is -2.35. The van der Waals surface area contributed by atoms with Crippen molar-refractivity contribution in [1.82, 2.24) is 10.6 Å². The molecule has 0 aromatic heterocycles. The summed E-state index contributed by atoms with van der Waals surface area (Å²) in [5, 5.41) is 15.2. The van der Waals surface area contributed by atoms with Gasteiger partial charge in [-0.1, -0.05) is 13.8 Å². The SMILES string of the molecule is CC(C)CCNC(=O)NCC1(CO)CCOCC1. The number of carbonyl (C=O) groups excluding carboxylic acids is 1. The van der Waals surface area contributed by atoms with E-state index < -0.39 is 0 Å². The molecule has 106 valence electrons. The van der Waals surface area contributed by atoms with E-state index in [0.29, 0.717) is 32.2 Å². The summed E-state index contributed by atoms with van der Waals surface area (Å²) in [5.74, 6) is 0.588. The molecule has 1 fully saturated rings. The topological polar surface area (TPSA) is 70.6 Å². The number of ether oxygens (including phenoxy) is 1. The molecule has 1 saturated heterocycles. The molecule has 1 heterocycles. The van der Waals surface area contributed by atoms with Gasteiger partial charge in [0.15, 0.2) is 0 Å². The van der Waals surface area contributed by atoms with E-state index in [9.17, 15) is 9.90 Å². The smallest absolute Gasteiger partial charge is 0.314 e. The van der Waals surface area contributed by atoms with E-state index in [2.05, 4.69) is 24.5 Å². The van der Waals surface area contributed by atoms with Crippen LogP contribution in [0.15, 0.2) is 0 Å². The van der Waals surface area contributed by atoms with Gasteiger partial charge in [-0.25, -0.2) is 4.79 Å². The van der Waals surface area contributed by atoms with Gasteiger partial charge in [-0.3, -0.25) is 0 Å². The Morgan fingerprint density at radius 3 is 2.56 bits per heavy atom. The van der Waals surface area contributed by atoms with Crippen molar-refractivity contribution in [2.24, 2.45) is 11.3 Å². The minimum Gasteiger partial charge on any atom is -0.396 e. The fourth-order valence-electron chi connectivity index (χ4n) is 2.00. The standard InChI is InChI=1S/C13H26N2O3/c1-11(2)3-6-14-12(17)15-9-13(10-16)4-7-18-8-5-13/h11,16H,3-10H2,1-2H3,(H2,14,15,17). The number of rotatable bonds is 6. The lowest BCUT2D eigenvalue weighted by atomic mass is 9.81. The van der Waals surface area contributed by atoms with Crippen LogP contribution in [0, 0.1) is 11.3 Å². The van der Waals surface area contributed by atoms with Crippen molar-refractivity contribution in [2.75, 3.05) is 32.9 Å². The third-order valence-electron chi connectivity index (χ3n) is 3.52. The summed E-state index contributed by atoms with van der Waals surface area (Å²) >= 11 is 0. The van der Waals surface area contributed by atoms with Crippen molar-refractivity contribution in [3.8, 4) is 0 Å². The maximum absolute atomic E-state index is 11.6. The van der Waals surface area contributed by atoms with E-state index in [1.165, 1.54) is 0 Å². The molecule has 0 aliphatic carbocycles. The van der Waals surface area contributed by atoms with Gasteiger partial charge < -0.3 is 20.5 Å². The molecule has 18 heavy (non-hydrogen) atoms. The number of nitrogens with one attached hydrogen (secondary N) is 2. The zero-order valence-electron chi connectivity index (χ0n) is 11.5. The highest BCUT2D eigenvalue weighted by molar-refractivity contribution is 5.73. The first-order chi connectivity index (χ1) is 8.58. The summed E-state index contributed by atoms with van der Waals surface area (Å²) in [6.07, 6.45) is 2.58. The van der Waals surface area contributed by atoms with E-state index in [4.69, 9.17) is 4.74 Å². The van der Waals surface area contributed by atoms with Crippen molar-refractivity contribution >= 4 is 6.03 Å². The summed E-state index contributed by atoms with van der Waals surface area (Å²) in [6.45, 7) is 6.89. The molecule has 5 nitrogen and oxygen atoms in total. The van der Waals surface area contributed by atoms with E-state index in [-0.39, 0.29) is 18.1 Å². The van der Waals surface area contributed by atoms with Crippen LogP contribution in [0.3, 0.4) is 0 Å². The molecule has 5 heteroatoms. The number of amides is 2. The molecule has 1 rings (SSSR count). The average molecular weight is 258 g/mol. The minimum atomic E-state index is -0.201. The Bertz CT molecular complexity index is 251. The van der Waals surface area contributed by atoms with Crippen molar-refractivity contribution < 1.29 is 14.6 Å². The van der Waals surface area contributed by atoms with Gasteiger partial charge in [0, 0.05) is 31.7 Å². The quantitative estimate of drug-likeness (QED) is 0.668. The normalized spacial score (nSPS) is 18.7. The first-order valence-corrected chi connectivity index (χ1v) is 6.78. The highest BCUT2D eigenvalue weighted by atomic mass is 16.5. The first kappa shape index (κ1) is 15.2. The molecule has 0 aromatic rings. The molecule has 1 aliphatic rings. The van der Waals surface area contributed by atoms with Crippen LogP contribution in [-0.2, 0) is 4.74 Å². The van der Waals surface area contributed by atoms with Gasteiger partial charge in [-0.05, 0) is 25.2 Å². The van der Waals surface area contributed by atoms with Crippen LogP contribution in [0.5, 0.6) is 0 Å². The molecule has 0 unspecified atom stereocenters. The zero-order chi connectivity index (χ0) is 13.4. The summed E-state index contributed by atoms with van der Waals surface area (Å²) in [4.78, 5) is 11.6. The zero-order valence-corrected chi connectivity index (χ0v) is 11.5. The van der Waals surface area contributed by atoms with Crippen LogP contribution in [0.2, 0.25) is 0 Å². The van der Waals surface area contributed by atoms with Gasteiger partial charge in [-0.15, -0.1) is 0 Å². The molecule has 0 aromatic carbocycles. The Balaban J connectivity index is 2.23. The summed E-state index contributed by atoms with van der Waals surface area (Å²) in [7, 11) is 0. The summed E-state index contributed by atoms with van der Waals surface area (Å²) in [6, 6.07) is -0.144. The summed E-state index contributed by atoms with van der Waals surface area (Å²) < 4.78 is 5.29. The van der Waals surface area contributed by atoms with Crippen LogP contribution >= 0.6 is 0 Å². The lowest BCUT2D eigenvalue weighted by Crippen LogP contribution is -2.46. The van der Waals surface area contributed by atoms with Gasteiger partial charge in [-0.2, -0.15) is 0 Å². The molecular weight excluding hydrogens is 232 g/mol. The Morgan fingerprint density at radius 2 is 2.00 bits per heavy atom. The van der Waals surface area contributed by atoms with Crippen molar-refractivity contribution in [3.05, 3.63) is 0 Å². The average Bonchev–Trinajstić information content (AvgIpc) is 2.37. The Kier molecular flexibility index (Phi) is 6.43. The van der Waals surface area contributed by atoms with Crippen LogP contribution in [0.4, 0.5) is 4.79 Å². The fraction of sp³-hybridized carbons (Fsp3) is 0.923. The molecule has 0 radical (unpaired) electrons. The molecule has 0 saturated carbocycles. The van der Waals surface area contributed by atoms with Crippen LogP contribution in [-0.4, -0.2) is 44.0 Å². The largest absolute Gasteiger partial charge is 0.396 e. The van der Waals surface area contributed by atoms with Crippen LogP contribution in [0.1, 0.15) is 33.1 Å². The highest BCUT2D eigenvalue weighted by Crippen LogP contribution is 2.28. The highest BCUT2D eigenvalue weighted by Gasteiger charge is 2.32. The van der Waals surface area contributed by atoms with Gasteiger partial charge in [0.2, 0.25) is 0 Å². The third kappa shape index (κ3) is 5.23. The number of aliphatic hydroxyl groups excluding tert-OH is 1. The number of hydrogen-bond acceptors (Lipinski definition) is 3. The minimum absolute atomic E-state index is 0.0998. The van der Waals surface area contributed by atoms with Gasteiger partial charge >= 0.3 is 6.03 Å². The molecule has 3 N–H and O–H groups in total. The third-order valence-corrected chi connectivity index (χ3v) is 3.52. The number of aliphatic hydroxyl groups is 1. The molecule has 0 atom stereocenters. The summed E-state index contributed by atoms with van der Waals surface area (Å²) in [5.41, 5.74) is -0.201. The molecular formula is C13H26N2O3. The van der Waals surface area contributed by atoms with E-state index in [0.717, 1.165) is 19.3 Å². The maximum atomic E-state index is 11.6. The Morgan fingerprint density at radius 1 is 1.33 bits per heavy atom. The van der Waals surface area contributed by atoms with Crippen molar-refractivity contribution in [3.63, 3.8) is 0 Å². The second-order valence-electron chi connectivity index (χ2n) is 5.56. The molecule has 1 aliphatic heterocycles. The van der Waals surface area contributed by atoms with Crippen LogP contribution in [0.25, 0.3) is 0 Å². The van der Waals surface area contributed by atoms with Gasteiger partial charge in [0.1, 0.15) is 0 Å². The van der Waals surface area contributed by atoms with E-state index >= 15 is 0 Å². The monoisotopic (exact) mass is 258 g/mol. The van der Waals surface area contributed by atoms with Gasteiger partial charge in [0.25, 0.3) is 0 Å². The Labute approximate surface area is 109 Å². The maximum Gasteiger partial charge on any atom is 0.314 e. The second-order valence-corrected chi connectivity index (χ2v) is 5.56. The van der Waals surface area contributed by atoms with E-state index in [1.54, 1.807) is 0 Å². The van der Waals surface area contributed by atoms with Crippen molar-refractivity contribution in [2.45, 2.75) is 33.1 Å². The predicted molar refractivity (Wildman–Crippen MR) is 70.4 cm³/mol. The van der Waals surface area contributed by atoms with E-state index in [1.807, 2.05) is 0 Å². The van der Waals surface area contributed by atoms with Crippen molar-refractivity contribution in [1.29, 1.82) is 0 Å². The predicted octanol–water partition coefficient (Wildman–Crippen LogP) is 1.12. The molecule has 0 bridgehead atoms. The lowest BCUT2D eigenvalue weighted by molar-refractivity contribution is -0.0138.